The lowest BCUT2D eigenvalue weighted by Gasteiger charge is -2.10. The largest absolute Gasteiger partial charge is 0.146 e. The Morgan fingerprint density at radius 2 is 1.94 bits per heavy atom. The van der Waals surface area contributed by atoms with E-state index < -0.39 is 0 Å². The first kappa shape index (κ1) is 13.4. The quantitative estimate of drug-likeness (QED) is 0.574. The van der Waals surface area contributed by atoms with E-state index in [4.69, 9.17) is 23.2 Å². The Bertz CT molecular complexity index is 548. The fourth-order valence-electron chi connectivity index (χ4n) is 1.75. The highest BCUT2D eigenvalue weighted by atomic mass is 79.9. The Kier molecular flexibility index (Phi) is 4.19. The van der Waals surface area contributed by atoms with Crippen LogP contribution in [0.3, 0.4) is 0 Å². The topological polar surface area (TPSA) is 0 Å². The molecule has 1 aromatic carbocycles. The van der Waals surface area contributed by atoms with Crippen molar-refractivity contribution in [3.05, 3.63) is 54.6 Å². The highest BCUT2D eigenvalue weighted by Crippen LogP contribution is 2.37. The van der Waals surface area contributed by atoms with Crippen LogP contribution in [0.25, 0.3) is 0 Å². The fourth-order valence-corrected chi connectivity index (χ4v) is 3.66. The van der Waals surface area contributed by atoms with E-state index >= 15 is 0 Å². The molecule has 0 saturated heterocycles. The second-order valence-electron chi connectivity index (χ2n) is 3.90. The first-order valence-electron chi connectivity index (χ1n) is 5.15. The van der Waals surface area contributed by atoms with Gasteiger partial charge in [0.25, 0.3) is 0 Å². The zero-order valence-electron chi connectivity index (χ0n) is 9.43. The van der Waals surface area contributed by atoms with Gasteiger partial charge in [0.2, 0.25) is 0 Å². The predicted molar refractivity (Wildman–Crippen MR) is 80.6 cm³/mol. The fraction of sp³-hybridized carbons (Fsp3) is 0.231. The average Bonchev–Trinajstić information content (AvgIpc) is 2.61. The van der Waals surface area contributed by atoms with Crippen LogP contribution in [-0.4, -0.2) is 0 Å². The molecule has 4 heteroatoms. The van der Waals surface area contributed by atoms with Gasteiger partial charge in [-0.05, 0) is 59.1 Å². The van der Waals surface area contributed by atoms with Gasteiger partial charge in [-0.15, -0.1) is 22.9 Å². The summed E-state index contributed by atoms with van der Waals surface area (Å²) in [4.78, 5) is 2.56. The number of hydrogen-bond acceptors (Lipinski definition) is 1. The second-order valence-corrected chi connectivity index (χ2v) is 7.06. The zero-order chi connectivity index (χ0) is 12.6. The van der Waals surface area contributed by atoms with E-state index in [1.807, 2.05) is 18.2 Å². The third kappa shape index (κ3) is 2.87. The SMILES string of the molecule is Cc1cc(C(Cl)c2ccc(Cl)c(Br)c2)c(C)s1. The molecule has 90 valence electrons. The monoisotopic (exact) mass is 348 g/mol. The summed E-state index contributed by atoms with van der Waals surface area (Å²) >= 11 is 17.7. The van der Waals surface area contributed by atoms with Crippen LogP contribution in [0.15, 0.2) is 28.7 Å². The van der Waals surface area contributed by atoms with Gasteiger partial charge < -0.3 is 0 Å². The van der Waals surface area contributed by atoms with Crippen LogP contribution in [0, 0.1) is 13.8 Å². The first-order valence-corrected chi connectivity index (χ1v) is 7.57. The Morgan fingerprint density at radius 3 is 2.47 bits per heavy atom. The van der Waals surface area contributed by atoms with Gasteiger partial charge in [-0.1, -0.05) is 17.7 Å². The van der Waals surface area contributed by atoms with E-state index in [0.29, 0.717) is 5.02 Å². The maximum absolute atomic E-state index is 6.52. The number of thiophene rings is 1. The molecular formula is C13H11BrCl2S. The summed E-state index contributed by atoms with van der Waals surface area (Å²) in [6, 6.07) is 7.97. The van der Waals surface area contributed by atoms with Crippen LogP contribution in [-0.2, 0) is 0 Å². The van der Waals surface area contributed by atoms with E-state index in [1.165, 1.54) is 15.3 Å². The van der Waals surface area contributed by atoms with Crippen molar-refractivity contribution in [2.75, 3.05) is 0 Å². The highest BCUT2D eigenvalue weighted by molar-refractivity contribution is 9.10. The minimum atomic E-state index is -0.117. The molecule has 0 fully saturated rings. The number of rotatable bonds is 2. The van der Waals surface area contributed by atoms with Gasteiger partial charge in [0, 0.05) is 14.2 Å². The Hall–Kier alpha value is -0.0200. The molecule has 0 saturated carbocycles. The summed E-state index contributed by atoms with van der Waals surface area (Å²) in [6.07, 6.45) is 0. The molecule has 0 aliphatic carbocycles. The smallest absolute Gasteiger partial charge is 0.0846 e. The summed E-state index contributed by atoms with van der Waals surface area (Å²) in [5.41, 5.74) is 2.24. The number of alkyl halides is 1. The van der Waals surface area contributed by atoms with Gasteiger partial charge in [-0.3, -0.25) is 0 Å². The maximum Gasteiger partial charge on any atom is 0.0846 e. The molecule has 0 aliphatic heterocycles. The molecule has 0 bridgehead atoms. The van der Waals surface area contributed by atoms with Crippen molar-refractivity contribution in [1.29, 1.82) is 0 Å². The van der Waals surface area contributed by atoms with E-state index in [-0.39, 0.29) is 5.38 Å². The first-order chi connectivity index (χ1) is 7.99. The van der Waals surface area contributed by atoms with E-state index in [1.54, 1.807) is 11.3 Å². The summed E-state index contributed by atoms with van der Waals surface area (Å²) in [5.74, 6) is 0. The molecule has 0 spiro atoms. The number of halogens is 3. The van der Waals surface area contributed by atoms with Gasteiger partial charge in [0.1, 0.15) is 0 Å². The van der Waals surface area contributed by atoms with Crippen molar-refractivity contribution in [3.63, 3.8) is 0 Å². The van der Waals surface area contributed by atoms with Gasteiger partial charge in [-0.2, -0.15) is 0 Å². The Balaban J connectivity index is 2.40. The molecule has 17 heavy (non-hydrogen) atoms. The molecule has 1 unspecified atom stereocenters. The van der Waals surface area contributed by atoms with Crippen LogP contribution in [0.4, 0.5) is 0 Å². The van der Waals surface area contributed by atoms with Crippen molar-refractivity contribution in [2.45, 2.75) is 19.2 Å². The lowest BCUT2D eigenvalue weighted by atomic mass is 10.1. The minimum absolute atomic E-state index is 0.117. The van der Waals surface area contributed by atoms with Crippen molar-refractivity contribution in [3.8, 4) is 0 Å². The molecule has 0 N–H and O–H groups in total. The van der Waals surface area contributed by atoms with E-state index in [9.17, 15) is 0 Å². The van der Waals surface area contributed by atoms with Gasteiger partial charge in [0.05, 0.1) is 10.4 Å². The standard InChI is InChI=1S/C13H11BrCl2S/c1-7-5-10(8(2)17-7)13(16)9-3-4-12(15)11(14)6-9/h3-6,13H,1-2H3. The van der Waals surface area contributed by atoms with Crippen LogP contribution in [0.1, 0.15) is 26.3 Å². The predicted octanol–water partition coefficient (Wildman–Crippen LogP) is 6.11. The van der Waals surface area contributed by atoms with Crippen molar-refractivity contribution in [1.82, 2.24) is 0 Å². The lowest BCUT2D eigenvalue weighted by molar-refractivity contribution is 1.13. The Morgan fingerprint density at radius 1 is 1.24 bits per heavy atom. The van der Waals surface area contributed by atoms with Gasteiger partial charge in [-0.25, -0.2) is 0 Å². The van der Waals surface area contributed by atoms with Crippen LogP contribution in [0.2, 0.25) is 5.02 Å². The molecule has 0 radical (unpaired) electrons. The normalized spacial score (nSPS) is 12.8. The molecule has 2 rings (SSSR count). The average molecular weight is 350 g/mol. The molecular weight excluding hydrogens is 339 g/mol. The van der Waals surface area contributed by atoms with Crippen LogP contribution < -0.4 is 0 Å². The van der Waals surface area contributed by atoms with Gasteiger partial charge >= 0.3 is 0 Å². The lowest BCUT2D eigenvalue weighted by Crippen LogP contribution is -1.93. The number of benzene rings is 1. The summed E-state index contributed by atoms with van der Waals surface area (Å²) in [5, 5.41) is 0.587. The Labute approximate surface area is 124 Å². The van der Waals surface area contributed by atoms with E-state index in [0.717, 1.165) is 10.0 Å². The van der Waals surface area contributed by atoms with E-state index in [2.05, 4.69) is 35.8 Å². The molecule has 0 amide bonds. The van der Waals surface area contributed by atoms with Crippen LogP contribution >= 0.6 is 50.5 Å². The number of hydrogen-bond donors (Lipinski definition) is 0. The number of aryl methyl sites for hydroxylation is 2. The van der Waals surface area contributed by atoms with Gasteiger partial charge in [0.15, 0.2) is 0 Å². The minimum Gasteiger partial charge on any atom is -0.146 e. The highest BCUT2D eigenvalue weighted by Gasteiger charge is 2.16. The van der Waals surface area contributed by atoms with Crippen molar-refractivity contribution in [2.24, 2.45) is 0 Å². The summed E-state index contributed by atoms with van der Waals surface area (Å²) in [7, 11) is 0. The second kappa shape index (κ2) is 5.31. The third-order valence-corrected chi connectivity index (χ3v) is 5.27. The summed E-state index contributed by atoms with van der Waals surface area (Å²) < 4.78 is 0.881. The third-order valence-electron chi connectivity index (χ3n) is 2.59. The molecule has 0 aliphatic rings. The maximum atomic E-state index is 6.52. The summed E-state index contributed by atoms with van der Waals surface area (Å²) in [6.45, 7) is 4.20. The molecule has 2 aromatic rings. The molecule has 1 heterocycles. The molecule has 1 aromatic heterocycles. The molecule has 0 nitrogen and oxygen atoms in total. The van der Waals surface area contributed by atoms with Crippen molar-refractivity contribution < 1.29 is 0 Å². The van der Waals surface area contributed by atoms with Crippen LogP contribution in [0.5, 0.6) is 0 Å². The zero-order valence-corrected chi connectivity index (χ0v) is 13.3. The molecule has 1 atom stereocenters. The van der Waals surface area contributed by atoms with Crippen molar-refractivity contribution >= 4 is 50.5 Å².